The molecule has 0 spiro atoms. The van der Waals surface area contributed by atoms with Crippen LogP contribution in [0.2, 0.25) is 0 Å². The molecule has 0 amide bonds. The Hall–Kier alpha value is -1.03. The van der Waals surface area contributed by atoms with E-state index < -0.39 is 17.3 Å². The van der Waals surface area contributed by atoms with E-state index in [4.69, 9.17) is 0 Å². The summed E-state index contributed by atoms with van der Waals surface area (Å²) in [6, 6.07) is 3.64. The zero-order valence-electron chi connectivity index (χ0n) is 11.2. The van der Waals surface area contributed by atoms with Crippen molar-refractivity contribution in [2.45, 2.75) is 51.3 Å². The van der Waals surface area contributed by atoms with Crippen LogP contribution in [0.5, 0.6) is 0 Å². The molecule has 0 unspecified atom stereocenters. The summed E-state index contributed by atoms with van der Waals surface area (Å²) in [6.45, 7) is 3.78. The van der Waals surface area contributed by atoms with Crippen LogP contribution >= 0.6 is 0 Å². The largest absolute Gasteiger partial charge is 0.416 e. The molecule has 0 saturated heterocycles. The molecule has 1 aliphatic carbocycles. The smallest absolute Gasteiger partial charge is 0.385 e. The summed E-state index contributed by atoms with van der Waals surface area (Å²) in [7, 11) is 0. The van der Waals surface area contributed by atoms with Crippen molar-refractivity contribution in [3.05, 3.63) is 34.9 Å². The Balaban J connectivity index is 2.31. The van der Waals surface area contributed by atoms with Gasteiger partial charge in [0, 0.05) is 0 Å². The number of aryl methyl sites for hydroxylation is 1. The first-order valence-electron chi connectivity index (χ1n) is 6.63. The quantitative estimate of drug-likeness (QED) is 0.802. The first-order valence-corrected chi connectivity index (χ1v) is 6.63. The van der Waals surface area contributed by atoms with Crippen LogP contribution in [-0.4, -0.2) is 5.11 Å². The molecule has 0 aromatic heterocycles. The van der Waals surface area contributed by atoms with Gasteiger partial charge < -0.3 is 5.11 Å². The van der Waals surface area contributed by atoms with Crippen LogP contribution < -0.4 is 0 Å². The Bertz CT molecular complexity index is 457. The zero-order chi connectivity index (χ0) is 14.3. The van der Waals surface area contributed by atoms with Crippen LogP contribution in [0.3, 0.4) is 0 Å². The van der Waals surface area contributed by atoms with Gasteiger partial charge in [-0.3, -0.25) is 0 Å². The summed E-state index contributed by atoms with van der Waals surface area (Å²) in [5.74, 6) is 0.579. The van der Waals surface area contributed by atoms with E-state index in [-0.39, 0.29) is 0 Å². The third-order valence-corrected chi connectivity index (χ3v) is 4.16. The van der Waals surface area contributed by atoms with Crippen LogP contribution in [-0.2, 0) is 11.8 Å². The van der Waals surface area contributed by atoms with E-state index in [2.05, 4.69) is 6.92 Å². The van der Waals surface area contributed by atoms with Gasteiger partial charge in [0.1, 0.15) is 0 Å². The molecule has 106 valence electrons. The van der Waals surface area contributed by atoms with E-state index in [1.165, 1.54) is 6.07 Å². The van der Waals surface area contributed by atoms with Crippen LogP contribution in [0, 0.1) is 12.8 Å². The lowest BCUT2D eigenvalue weighted by Crippen LogP contribution is -2.31. The van der Waals surface area contributed by atoms with Crippen LogP contribution in [0.15, 0.2) is 18.2 Å². The zero-order valence-corrected chi connectivity index (χ0v) is 11.2. The first kappa shape index (κ1) is 14.4. The van der Waals surface area contributed by atoms with Gasteiger partial charge in [0.05, 0.1) is 11.2 Å². The number of benzene rings is 1. The molecule has 0 bridgehead atoms. The molecule has 1 saturated carbocycles. The van der Waals surface area contributed by atoms with Crippen LogP contribution in [0.25, 0.3) is 0 Å². The molecule has 0 aliphatic heterocycles. The molecule has 0 radical (unpaired) electrons. The fraction of sp³-hybridized carbons (Fsp3) is 0.600. The SMILES string of the molecule is Cc1cc(C(F)(F)F)ccc1C1(O)CCC(C)CC1. The average molecular weight is 272 g/mol. The summed E-state index contributed by atoms with van der Waals surface area (Å²) in [6.07, 6.45) is -1.25. The molecule has 1 fully saturated rings. The highest BCUT2D eigenvalue weighted by Crippen LogP contribution is 2.41. The molecule has 1 N–H and O–H groups in total. The summed E-state index contributed by atoms with van der Waals surface area (Å²) in [5.41, 5.74) is -0.443. The maximum Gasteiger partial charge on any atom is 0.416 e. The van der Waals surface area contributed by atoms with Crippen molar-refractivity contribution in [2.24, 2.45) is 5.92 Å². The normalized spacial score (nSPS) is 28.4. The first-order chi connectivity index (χ1) is 8.72. The van der Waals surface area contributed by atoms with Gasteiger partial charge in [-0.15, -0.1) is 0 Å². The minimum atomic E-state index is -4.33. The van der Waals surface area contributed by atoms with E-state index in [1.807, 2.05) is 0 Å². The second-order valence-electron chi connectivity index (χ2n) is 5.74. The minimum absolute atomic E-state index is 0.520. The van der Waals surface area contributed by atoms with Gasteiger partial charge in [-0.2, -0.15) is 13.2 Å². The molecular formula is C15H19F3O. The van der Waals surface area contributed by atoms with E-state index in [0.717, 1.165) is 25.0 Å². The Morgan fingerprint density at radius 1 is 1.21 bits per heavy atom. The van der Waals surface area contributed by atoms with E-state index in [9.17, 15) is 18.3 Å². The average Bonchev–Trinajstić information content (AvgIpc) is 2.32. The standard InChI is InChI=1S/C15H19F3O/c1-10-5-7-14(19,8-6-10)13-4-3-12(9-11(13)2)15(16,17)18/h3-4,9-10,19H,5-8H2,1-2H3. The second kappa shape index (κ2) is 4.82. The Morgan fingerprint density at radius 3 is 2.26 bits per heavy atom. The maximum absolute atomic E-state index is 12.6. The van der Waals surface area contributed by atoms with Gasteiger partial charge in [-0.1, -0.05) is 13.0 Å². The Labute approximate surface area is 111 Å². The second-order valence-corrected chi connectivity index (χ2v) is 5.74. The highest BCUT2D eigenvalue weighted by atomic mass is 19.4. The van der Waals surface area contributed by atoms with Gasteiger partial charge in [-0.25, -0.2) is 0 Å². The van der Waals surface area contributed by atoms with Crippen molar-refractivity contribution in [1.29, 1.82) is 0 Å². The molecule has 1 aromatic rings. The molecular weight excluding hydrogens is 253 g/mol. The maximum atomic E-state index is 12.6. The summed E-state index contributed by atoms with van der Waals surface area (Å²) < 4.78 is 37.9. The lowest BCUT2D eigenvalue weighted by Gasteiger charge is -2.36. The highest BCUT2D eigenvalue weighted by Gasteiger charge is 2.36. The lowest BCUT2D eigenvalue weighted by molar-refractivity contribution is -0.137. The van der Waals surface area contributed by atoms with E-state index in [0.29, 0.717) is 29.9 Å². The Kier molecular flexibility index (Phi) is 3.65. The molecule has 4 heteroatoms. The molecule has 0 atom stereocenters. The van der Waals surface area contributed by atoms with Crippen molar-refractivity contribution >= 4 is 0 Å². The van der Waals surface area contributed by atoms with Crippen molar-refractivity contribution in [3.8, 4) is 0 Å². The molecule has 1 nitrogen and oxygen atoms in total. The number of alkyl halides is 3. The van der Waals surface area contributed by atoms with Crippen molar-refractivity contribution in [1.82, 2.24) is 0 Å². The summed E-state index contributed by atoms with van der Waals surface area (Å²) >= 11 is 0. The van der Waals surface area contributed by atoms with Gasteiger partial charge in [0.2, 0.25) is 0 Å². The van der Waals surface area contributed by atoms with Gasteiger partial charge in [0.15, 0.2) is 0 Å². The monoisotopic (exact) mass is 272 g/mol. The summed E-state index contributed by atoms with van der Waals surface area (Å²) in [4.78, 5) is 0. The predicted molar refractivity (Wildman–Crippen MR) is 67.7 cm³/mol. The van der Waals surface area contributed by atoms with Crippen molar-refractivity contribution in [2.75, 3.05) is 0 Å². The number of rotatable bonds is 1. The number of aliphatic hydroxyl groups is 1. The fourth-order valence-electron chi connectivity index (χ4n) is 2.87. The molecule has 2 rings (SSSR count). The number of hydrogen-bond donors (Lipinski definition) is 1. The minimum Gasteiger partial charge on any atom is -0.385 e. The lowest BCUT2D eigenvalue weighted by atomic mass is 9.74. The third-order valence-electron chi connectivity index (χ3n) is 4.16. The van der Waals surface area contributed by atoms with Crippen molar-refractivity contribution < 1.29 is 18.3 Å². The molecule has 1 aromatic carbocycles. The van der Waals surface area contributed by atoms with Gasteiger partial charge in [-0.05, 0) is 61.8 Å². The van der Waals surface area contributed by atoms with Crippen LogP contribution in [0.4, 0.5) is 13.2 Å². The van der Waals surface area contributed by atoms with Gasteiger partial charge in [0.25, 0.3) is 0 Å². The molecule has 0 heterocycles. The summed E-state index contributed by atoms with van der Waals surface area (Å²) in [5, 5.41) is 10.7. The number of halogens is 3. The van der Waals surface area contributed by atoms with Crippen molar-refractivity contribution in [3.63, 3.8) is 0 Å². The molecule has 1 aliphatic rings. The van der Waals surface area contributed by atoms with E-state index >= 15 is 0 Å². The Morgan fingerprint density at radius 2 is 1.79 bits per heavy atom. The fourth-order valence-corrected chi connectivity index (χ4v) is 2.87. The highest BCUT2D eigenvalue weighted by molar-refractivity contribution is 5.36. The molecule has 19 heavy (non-hydrogen) atoms. The van der Waals surface area contributed by atoms with Gasteiger partial charge >= 0.3 is 6.18 Å². The van der Waals surface area contributed by atoms with E-state index in [1.54, 1.807) is 6.92 Å². The number of hydrogen-bond acceptors (Lipinski definition) is 1. The topological polar surface area (TPSA) is 20.2 Å². The third kappa shape index (κ3) is 2.94. The van der Waals surface area contributed by atoms with Crippen LogP contribution in [0.1, 0.15) is 49.3 Å². The predicted octanol–water partition coefficient (Wildman–Crippen LogP) is 4.41.